The zero-order valence-electron chi connectivity index (χ0n) is 13.5. The van der Waals surface area contributed by atoms with E-state index in [1.54, 1.807) is 6.08 Å². The zero-order valence-corrected chi connectivity index (χ0v) is 13.5. The third-order valence-electron chi connectivity index (χ3n) is 4.03. The highest BCUT2D eigenvalue weighted by atomic mass is 16.5. The fraction of sp³-hybridized carbons (Fsp3) is 0.444. The van der Waals surface area contributed by atoms with Crippen LogP contribution in [0.2, 0.25) is 0 Å². The third kappa shape index (κ3) is 4.42. The minimum atomic E-state index is -1.27. The summed E-state index contributed by atoms with van der Waals surface area (Å²) in [5.41, 5.74) is 1.01. The molecule has 0 spiro atoms. The third-order valence-corrected chi connectivity index (χ3v) is 4.03. The molecule has 0 bridgehead atoms. The SMILES string of the molecule is CC(C)c1ccc(/C=C/CC(=O)NC2(C(=O)O)CCOC2)cc1. The molecule has 1 heterocycles. The Morgan fingerprint density at radius 1 is 1.35 bits per heavy atom. The number of aliphatic carboxylic acids is 1. The quantitative estimate of drug-likeness (QED) is 0.845. The fourth-order valence-electron chi connectivity index (χ4n) is 2.50. The average Bonchev–Trinajstić information content (AvgIpc) is 2.97. The molecule has 5 nitrogen and oxygen atoms in total. The van der Waals surface area contributed by atoms with Crippen LogP contribution in [0.3, 0.4) is 0 Å². The Bertz CT molecular complexity index is 584. The number of carboxylic acids is 1. The summed E-state index contributed by atoms with van der Waals surface area (Å²) in [4.78, 5) is 23.3. The number of amides is 1. The van der Waals surface area contributed by atoms with E-state index >= 15 is 0 Å². The van der Waals surface area contributed by atoms with Gasteiger partial charge >= 0.3 is 5.97 Å². The van der Waals surface area contributed by atoms with Gasteiger partial charge in [0.2, 0.25) is 5.91 Å². The van der Waals surface area contributed by atoms with Gasteiger partial charge in [0, 0.05) is 19.4 Å². The Morgan fingerprint density at radius 2 is 2.04 bits per heavy atom. The van der Waals surface area contributed by atoms with Crippen LogP contribution in [0.25, 0.3) is 6.08 Å². The molecule has 23 heavy (non-hydrogen) atoms. The van der Waals surface area contributed by atoms with Crippen LogP contribution in [0.15, 0.2) is 30.3 Å². The van der Waals surface area contributed by atoms with Gasteiger partial charge in [0.05, 0.1) is 6.61 Å². The maximum atomic E-state index is 12.0. The van der Waals surface area contributed by atoms with Crippen molar-refractivity contribution in [2.45, 2.75) is 38.1 Å². The van der Waals surface area contributed by atoms with Crippen molar-refractivity contribution in [1.29, 1.82) is 0 Å². The molecule has 1 aliphatic heterocycles. The predicted molar refractivity (Wildman–Crippen MR) is 88.1 cm³/mol. The van der Waals surface area contributed by atoms with Crippen molar-refractivity contribution in [3.8, 4) is 0 Å². The number of carbonyl (C=O) groups is 2. The van der Waals surface area contributed by atoms with E-state index in [9.17, 15) is 14.7 Å². The molecule has 1 fully saturated rings. The molecule has 1 atom stereocenters. The number of hydrogen-bond acceptors (Lipinski definition) is 3. The molecule has 124 valence electrons. The van der Waals surface area contributed by atoms with Crippen molar-refractivity contribution < 1.29 is 19.4 Å². The molecule has 5 heteroatoms. The second kappa shape index (κ2) is 7.42. The monoisotopic (exact) mass is 317 g/mol. The molecule has 1 amide bonds. The Kier molecular flexibility index (Phi) is 5.55. The topological polar surface area (TPSA) is 75.6 Å². The van der Waals surface area contributed by atoms with Gasteiger partial charge in [-0.2, -0.15) is 0 Å². The van der Waals surface area contributed by atoms with Crippen molar-refractivity contribution >= 4 is 18.0 Å². The van der Waals surface area contributed by atoms with Gasteiger partial charge in [-0.15, -0.1) is 0 Å². The van der Waals surface area contributed by atoms with Gasteiger partial charge in [0.25, 0.3) is 0 Å². The summed E-state index contributed by atoms with van der Waals surface area (Å²) in [5, 5.41) is 11.9. The summed E-state index contributed by atoms with van der Waals surface area (Å²) in [7, 11) is 0. The van der Waals surface area contributed by atoms with Gasteiger partial charge in [-0.05, 0) is 17.0 Å². The van der Waals surface area contributed by atoms with Gasteiger partial charge in [0.1, 0.15) is 0 Å². The van der Waals surface area contributed by atoms with Gasteiger partial charge in [0.15, 0.2) is 5.54 Å². The molecule has 1 saturated heterocycles. The van der Waals surface area contributed by atoms with Gasteiger partial charge < -0.3 is 15.2 Å². The number of ether oxygens (including phenoxy) is 1. The molecule has 0 aromatic heterocycles. The van der Waals surface area contributed by atoms with Crippen LogP contribution in [0, 0.1) is 0 Å². The Hall–Kier alpha value is -2.14. The van der Waals surface area contributed by atoms with Crippen LogP contribution < -0.4 is 5.32 Å². The van der Waals surface area contributed by atoms with E-state index < -0.39 is 11.5 Å². The summed E-state index contributed by atoms with van der Waals surface area (Å²) in [6.45, 7) is 4.65. The molecule has 1 aliphatic rings. The zero-order chi connectivity index (χ0) is 16.9. The molecule has 0 aliphatic carbocycles. The first-order valence-electron chi connectivity index (χ1n) is 7.81. The van der Waals surface area contributed by atoms with Crippen LogP contribution in [0.4, 0.5) is 0 Å². The minimum Gasteiger partial charge on any atom is -0.479 e. The van der Waals surface area contributed by atoms with Crippen LogP contribution in [0.1, 0.15) is 43.7 Å². The standard InChI is InChI=1S/C18H23NO4/c1-13(2)15-8-6-14(7-9-15)4-3-5-16(20)19-18(17(21)22)10-11-23-12-18/h3-4,6-9,13H,5,10-12H2,1-2H3,(H,19,20)(H,21,22)/b4-3+. The Labute approximate surface area is 136 Å². The minimum absolute atomic E-state index is 0.0223. The second-order valence-corrected chi connectivity index (χ2v) is 6.17. The number of hydrogen-bond donors (Lipinski definition) is 2. The van der Waals surface area contributed by atoms with Gasteiger partial charge in [-0.3, -0.25) is 4.79 Å². The van der Waals surface area contributed by atoms with Crippen LogP contribution in [-0.2, 0) is 14.3 Å². The van der Waals surface area contributed by atoms with Crippen molar-refractivity contribution in [3.63, 3.8) is 0 Å². The van der Waals surface area contributed by atoms with E-state index in [0.29, 0.717) is 18.9 Å². The molecule has 1 unspecified atom stereocenters. The second-order valence-electron chi connectivity index (χ2n) is 6.17. The Morgan fingerprint density at radius 3 is 2.57 bits per heavy atom. The molecule has 2 rings (SSSR count). The predicted octanol–water partition coefficient (Wildman–Crippen LogP) is 2.57. The van der Waals surface area contributed by atoms with Crippen molar-refractivity contribution in [3.05, 3.63) is 41.5 Å². The first kappa shape index (κ1) is 17.2. The van der Waals surface area contributed by atoms with E-state index in [4.69, 9.17) is 4.74 Å². The van der Waals surface area contributed by atoms with Crippen molar-refractivity contribution in [2.75, 3.05) is 13.2 Å². The lowest BCUT2D eigenvalue weighted by Crippen LogP contribution is -2.55. The lowest BCUT2D eigenvalue weighted by Gasteiger charge is -2.23. The number of nitrogens with one attached hydrogen (secondary N) is 1. The maximum absolute atomic E-state index is 12.0. The van der Waals surface area contributed by atoms with Gasteiger partial charge in [-0.1, -0.05) is 50.3 Å². The highest BCUT2D eigenvalue weighted by molar-refractivity contribution is 5.88. The summed E-state index contributed by atoms with van der Waals surface area (Å²) in [5.74, 6) is -0.871. The smallest absolute Gasteiger partial charge is 0.331 e. The van der Waals surface area contributed by atoms with E-state index in [-0.39, 0.29) is 18.9 Å². The summed E-state index contributed by atoms with van der Waals surface area (Å²) in [6.07, 6.45) is 4.04. The Balaban J connectivity index is 1.89. The molecular formula is C18H23NO4. The number of carbonyl (C=O) groups excluding carboxylic acids is 1. The number of carboxylic acid groups (broad SMARTS) is 1. The number of rotatable bonds is 6. The van der Waals surface area contributed by atoms with Crippen molar-refractivity contribution in [2.24, 2.45) is 0 Å². The van der Waals surface area contributed by atoms with Gasteiger partial charge in [-0.25, -0.2) is 4.79 Å². The average molecular weight is 317 g/mol. The molecule has 0 saturated carbocycles. The van der Waals surface area contributed by atoms with Crippen LogP contribution in [0.5, 0.6) is 0 Å². The first-order chi connectivity index (χ1) is 10.9. The maximum Gasteiger partial charge on any atom is 0.331 e. The molecule has 1 aromatic carbocycles. The summed E-state index contributed by atoms with van der Waals surface area (Å²) >= 11 is 0. The lowest BCUT2D eigenvalue weighted by atomic mass is 9.99. The van der Waals surface area contributed by atoms with E-state index in [1.807, 2.05) is 18.2 Å². The molecule has 1 aromatic rings. The van der Waals surface area contributed by atoms with Crippen molar-refractivity contribution in [1.82, 2.24) is 5.32 Å². The molecular weight excluding hydrogens is 294 g/mol. The van der Waals surface area contributed by atoms with E-state index in [1.165, 1.54) is 5.56 Å². The molecule has 0 radical (unpaired) electrons. The largest absolute Gasteiger partial charge is 0.479 e. The summed E-state index contributed by atoms with van der Waals surface area (Å²) < 4.78 is 5.11. The normalized spacial score (nSPS) is 21.0. The highest BCUT2D eigenvalue weighted by Gasteiger charge is 2.43. The molecule has 2 N–H and O–H groups in total. The first-order valence-corrected chi connectivity index (χ1v) is 7.81. The highest BCUT2D eigenvalue weighted by Crippen LogP contribution is 2.19. The number of benzene rings is 1. The lowest BCUT2D eigenvalue weighted by molar-refractivity contribution is -0.147. The fourth-order valence-corrected chi connectivity index (χ4v) is 2.50. The summed E-state index contributed by atoms with van der Waals surface area (Å²) in [6, 6.07) is 8.15. The van der Waals surface area contributed by atoms with E-state index in [2.05, 4.69) is 31.3 Å². The van der Waals surface area contributed by atoms with Crippen LogP contribution in [-0.4, -0.2) is 35.7 Å². The van der Waals surface area contributed by atoms with Crippen LogP contribution >= 0.6 is 0 Å². The van der Waals surface area contributed by atoms with E-state index in [0.717, 1.165) is 5.56 Å².